The molecule has 0 aliphatic heterocycles. The second-order valence-electron chi connectivity index (χ2n) is 12.3. The van der Waals surface area contributed by atoms with Gasteiger partial charge in [-0.15, -0.1) is 0 Å². The van der Waals surface area contributed by atoms with E-state index in [0.717, 1.165) is 38.7 Å². The van der Waals surface area contributed by atoms with E-state index in [1.165, 1.54) is 22.3 Å². The van der Waals surface area contributed by atoms with E-state index in [-0.39, 0.29) is 10.5 Å². The highest BCUT2D eigenvalue weighted by Gasteiger charge is 2.59. The van der Waals surface area contributed by atoms with Gasteiger partial charge in [0.25, 0.3) is 0 Å². The van der Waals surface area contributed by atoms with E-state index >= 15 is 0 Å². The van der Waals surface area contributed by atoms with Crippen LogP contribution in [-0.4, -0.2) is 25.6 Å². The molecule has 0 spiro atoms. The van der Waals surface area contributed by atoms with Gasteiger partial charge in [-0.05, 0) is 87.6 Å². The maximum Gasteiger partial charge on any atom is 0.191 e. The van der Waals surface area contributed by atoms with Gasteiger partial charge in [0.15, 0.2) is 8.32 Å². The quantitative estimate of drug-likeness (QED) is 0.351. The summed E-state index contributed by atoms with van der Waals surface area (Å²) in [5.41, 5.74) is 4.19. The molecule has 3 rings (SSSR count). The van der Waals surface area contributed by atoms with Crippen LogP contribution < -0.4 is 0 Å². The number of allylic oxidation sites excluding steroid dienone is 2. The maximum absolute atomic E-state index is 12.3. The Labute approximate surface area is 187 Å². The normalized spacial score (nSPS) is 35.8. The van der Waals surface area contributed by atoms with Crippen LogP contribution in [0.4, 0.5) is 0 Å². The summed E-state index contributed by atoms with van der Waals surface area (Å²) in [5, 5.41) is 12.5. The zero-order valence-corrected chi connectivity index (χ0v) is 22.1. The Balaban J connectivity index is 1.81. The van der Waals surface area contributed by atoms with Crippen molar-refractivity contribution in [2.24, 2.45) is 23.2 Å². The average Bonchev–Trinajstić information content (AvgIpc) is 3.12. The predicted molar refractivity (Wildman–Crippen MR) is 131 cm³/mol. The third kappa shape index (κ3) is 3.63. The summed E-state index contributed by atoms with van der Waals surface area (Å²) in [6, 6.07) is 0. The zero-order chi connectivity index (χ0) is 22.7. The van der Waals surface area contributed by atoms with Crippen LogP contribution in [-0.2, 0) is 4.43 Å². The van der Waals surface area contributed by atoms with Gasteiger partial charge in [0.2, 0.25) is 0 Å². The minimum atomic E-state index is -1.71. The number of hydrogen-bond acceptors (Lipinski definition) is 2. The summed E-state index contributed by atoms with van der Waals surface area (Å²) in [6.07, 6.45) is 7.71. The number of fused-ring (bicyclic) bond motifs is 2. The summed E-state index contributed by atoms with van der Waals surface area (Å²) in [5.74, 6) is 1.41. The molecule has 170 valence electrons. The lowest BCUT2D eigenvalue weighted by Crippen LogP contribution is -2.50. The van der Waals surface area contributed by atoms with E-state index in [0.29, 0.717) is 17.8 Å². The van der Waals surface area contributed by atoms with Crippen LogP contribution in [0.1, 0.15) is 80.6 Å². The Morgan fingerprint density at radius 1 is 1.27 bits per heavy atom. The first-order chi connectivity index (χ1) is 13.7. The lowest BCUT2D eigenvalue weighted by Gasteiger charge is -2.49. The van der Waals surface area contributed by atoms with Gasteiger partial charge in [0, 0.05) is 17.9 Å². The van der Waals surface area contributed by atoms with Crippen LogP contribution in [0.25, 0.3) is 0 Å². The van der Waals surface area contributed by atoms with Crippen molar-refractivity contribution >= 4 is 8.32 Å². The molecule has 0 aromatic rings. The summed E-state index contributed by atoms with van der Waals surface area (Å²) >= 11 is 0. The average molecular weight is 431 g/mol. The molecule has 3 aliphatic carbocycles. The van der Waals surface area contributed by atoms with Crippen molar-refractivity contribution in [2.75, 3.05) is 6.61 Å². The van der Waals surface area contributed by atoms with Crippen molar-refractivity contribution in [2.45, 2.75) is 104 Å². The van der Waals surface area contributed by atoms with Crippen LogP contribution in [0.15, 0.2) is 34.9 Å². The first kappa shape index (κ1) is 24.0. The van der Waals surface area contributed by atoms with Gasteiger partial charge in [0.05, 0.1) is 0 Å². The highest BCUT2D eigenvalue weighted by Crippen LogP contribution is 2.63. The van der Waals surface area contributed by atoms with Gasteiger partial charge in [-0.2, -0.15) is 0 Å². The highest BCUT2D eigenvalue weighted by atomic mass is 28.4. The van der Waals surface area contributed by atoms with Gasteiger partial charge in [-0.25, -0.2) is 0 Å². The fourth-order valence-electron chi connectivity index (χ4n) is 6.12. The highest BCUT2D eigenvalue weighted by molar-refractivity contribution is 6.74. The number of hydrogen-bond donors (Lipinski definition) is 1. The molecule has 1 N–H and O–H groups in total. The van der Waals surface area contributed by atoms with Gasteiger partial charge >= 0.3 is 0 Å². The molecule has 30 heavy (non-hydrogen) atoms. The molecule has 1 saturated carbocycles. The Kier molecular flexibility index (Phi) is 6.20. The fourth-order valence-corrected chi connectivity index (χ4v) is 7.18. The first-order valence-corrected chi connectivity index (χ1v) is 15.0. The van der Waals surface area contributed by atoms with Crippen molar-refractivity contribution in [3.8, 4) is 0 Å². The Hall–Kier alpha value is -0.643. The van der Waals surface area contributed by atoms with E-state index < -0.39 is 13.9 Å². The summed E-state index contributed by atoms with van der Waals surface area (Å²) in [7, 11) is -1.71. The molecule has 0 radical (unpaired) electrons. The van der Waals surface area contributed by atoms with Gasteiger partial charge in [0.1, 0.15) is 5.60 Å². The monoisotopic (exact) mass is 430 g/mol. The smallest absolute Gasteiger partial charge is 0.191 e. The van der Waals surface area contributed by atoms with E-state index in [4.69, 9.17) is 4.43 Å². The summed E-state index contributed by atoms with van der Waals surface area (Å²) < 4.78 is 6.49. The van der Waals surface area contributed by atoms with Gasteiger partial charge < -0.3 is 9.53 Å². The minimum Gasteiger partial charge on any atom is -0.417 e. The van der Waals surface area contributed by atoms with Crippen LogP contribution in [0, 0.1) is 23.2 Å². The van der Waals surface area contributed by atoms with E-state index in [2.05, 4.69) is 74.2 Å². The number of rotatable bonds is 6. The van der Waals surface area contributed by atoms with Crippen molar-refractivity contribution in [3.05, 3.63) is 34.9 Å². The van der Waals surface area contributed by atoms with Gasteiger partial charge in [-0.3, -0.25) is 0 Å². The van der Waals surface area contributed by atoms with Crippen molar-refractivity contribution in [1.82, 2.24) is 0 Å². The minimum absolute atomic E-state index is 0.228. The summed E-state index contributed by atoms with van der Waals surface area (Å²) in [6.45, 7) is 26.0. The van der Waals surface area contributed by atoms with E-state index in [9.17, 15) is 5.11 Å². The molecular formula is C27H46O2Si. The topological polar surface area (TPSA) is 29.5 Å². The molecule has 0 saturated heterocycles. The zero-order valence-electron chi connectivity index (χ0n) is 21.1. The molecule has 3 heteroatoms. The molecule has 5 atom stereocenters. The lowest BCUT2D eigenvalue weighted by molar-refractivity contribution is 0.00792. The molecule has 0 aromatic heterocycles. The van der Waals surface area contributed by atoms with Crippen LogP contribution in [0.2, 0.25) is 18.1 Å². The first-order valence-electron chi connectivity index (χ1n) is 12.1. The van der Waals surface area contributed by atoms with Crippen LogP contribution in [0.5, 0.6) is 0 Å². The molecule has 1 fully saturated rings. The molecule has 2 bridgehead atoms. The van der Waals surface area contributed by atoms with E-state index in [1.807, 2.05) is 0 Å². The van der Waals surface area contributed by atoms with Crippen molar-refractivity contribution in [3.63, 3.8) is 0 Å². The second-order valence-corrected chi connectivity index (χ2v) is 17.1. The third-order valence-corrected chi connectivity index (χ3v) is 14.0. The largest absolute Gasteiger partial charge is 0.417 e. The van der Waals surface area contributed by atoms with Gasteiger partial charge in [-0.1, -0.05) is 57.9 Å². The molecule has 0 heterocycles. The van der Waals surface area contributed by atoms with Crippen LogP contribution >= 0.6 is 0 Å². The molecule has 3 aliphatic rings. The third-order valence-electron chi connectivity index (χ3n) is 9.49. The predicted octanol–water partition coefficient (Wildman–Crippen LogP) is 7.42. The Bertz CT molecular complexity index is 768. The Morgan fingerprint density at radius 2 is 1.90 bits per heavy atom. The fraction of sp³-hybridized carbons (Fsp3) is 0.778. The summed E-state index contributed by atoms with van der Waals surface area (Å²) in [4.78, 5) is 0. The second kappa shape index (κ2) is 7.74. The molecule has 2 nitrogen and oxygen atoms in total. The Morgan fingerprint density at radius 3 is 2.50 bits per heavy atom. The molecule has 0 amide bonds. The molecular weight excluding hydrogens is 384 g/mol. The molecule has 0 unspecified atom stereocenters. The number of aliphatic hydroxyl groups is 1. The van der Waals surface area contributed by atoms with Crippen molar-refractivity contribution in [1.29, 1.82) is 0 Å². The van der Waals surface area contributed by atoms with E-state index in [1.54, 1.807) is 0 Å². The molecule has 0 aromatic carbocycles. The van der Waals surface area contributed by atoms with Crippen molar-refractivity contribution < 1.29 is 9.53 Å². The standard InChI is InChI=1S/C27H46O2Si/c1-18(14-16-29-30(9,10)25(5,6)7)23-12-11-19(2)24(23)27(28)17-20(3)22-13-15-26(27,8)21(22)4/h17-18,22-23,28H,4,11-16H2,1-3,5-10H3/t18-,22-,23+,26-,27-/m0/s1. The van der Waals surface area contributed by atoms with Crippen LogP contribution in [0.3, 0.4) is 0 Å². The maximum atomic E-state index is 12.3. The lowest BCUT2D eigenvalue weighted by atomic mass is 9.59. The SMILES string of the molecule is C=C1[C@H]2CC[C@]1(C)[C@@](O)(C1=C(C)CC[C@@H]1[C@@H](C)CCO[Si](C)(C)C(C)(C)C)C=C2C.